The lowest BCUT2D eigenvalue weighted by atomic mass is 9.98. The summed E-state index contributed by atoms with van der Waals surface area (Å²) in [5, 5.41) is 0. The highest BCUT2D eigenvalue weighted by molar-refractivity contribution is 5.34. The van der Waals surface area contributed by atoms with Gasteiger partial charge in [-0.15, -0.1) is 0 Å². The Hall–Kier alpha value is -1.12. The predicted octanol–water partition coefficient (Wildman–Crippen LogP) is 2.35. The fourth-order valence-electron chi connectivity index (χ4n) is 2.71. The smallest absolute Gasteiger partial charge is 0.225 e. The Morgan fingerprint density at radius 1 is 0.938 bits per heavy atom. The minimum absolute atomic E-state index is 0.973. The molecule has 3 nitrogen and oxygen atoms in total. The van der Waals surface area contributed by atoms with Crippen LogP contribution in [0.1, 0.15) is 43.4 Å². The van der Waals surface area contributed by atoms with Crippen molar-refractivity contribution >= 4 is 5.95 Å². The molecule has 0 atom stereocenters. The number of piperidine rings is 1. The normalized spacial score (nSPS) is 20.6. The van der Waals surface area contributed by atoms with Gasteiger partial charge in [0.05, 0.1) is 0 Å². The standard InChI is InChI=1S/C13H19N3/c1-4-8-16(9-5-1)13-14-10-11-6-2-3-7-12(11)15-13/h10H,1-9H2. The lowest BCUT2D eigenvalue weighted by Crippen LogP contribution is -2.31. The molecule has 2 aliphatic rings. The molecule has 86 valence electrons. The molecule has 0 unspecified atom stereocenters. The maximum absolute atomic E-state index is 4.75. The number of fused-ring (bicyclic) bond motifs is 1. The maximum Gasteiger partial charge on any atom is 0.225 e. The third-order valence-corrected chi connectivity index (χ3v) is 3.69. The summed E-state index contributed by atoms with van der Waals surface area (Å²) in [7, 11) is 0. The summed E-state index contributed by atoms with van der Waals surface area (Å²) in [6, 6.07) is 0. The maximum atomic E-state index is 4.75. The molecule has 3 rings (SSSR count). The number of nitrogens with zero attached hydrogens (tertiary/aromatic N) is 3. The van der Waals surface area contributed by atoms with Crippen molar-refractivity contribution in [1.29, 1.82) is 0 Å². The van der Waals surface area contributed by atoms with E-state index < -0.39 is 0 Å². The van der Waals surface area contributed by atoms with E-state index in [1.165, 1.54) is 49.8 Å². The van der Waals surface area contributed by atoms with Crippen LogP contribution < -0.4 is 4.90 Å². The molecule has 1 aromatic heterocycles. The second kappa shape index (κ2) is 4.40. The predicted molar refractivity (Wildman–Crippen MR) is 64.7 cm³/mol. The van der Waals surface area contributed by atoms with Crippen LogP contribution in [0.15, 0.2) is 6.20 Å². The summed E-state index contributed by atoms with van der Waals surface area (Å²) in [5.74, 6) is 0.973. The van der Waals surface area contributed by atoms with Crippen LogP contribution in [-0.2, 0) is 12.8 Å². The van der Waals surface area contributed by atoms with E-state index in [1.807, 2.05) is 0 Å². The third kappa shape index (κ3) is 1.91. The van der Waals surface area contributed by atoms with E-state index in [0.29, 0.717) is 0 Å². The summed E-state index contributed by atoms with van der Waals surface area (Å²) in [6.07, 6.45) is 10.9. The molecule has 1 saturated heterocycles. The van der Waals surface area contributed by atoms with Gasteiger partial charge in [-0.25, -0.2) is 9.97 Å². The van der Waals surface area contributed by atoms with Crippen molar-refractivity contribution in [2.45, 2.75) is 44.9 Å². The molecule has 1 aliphatic carbocycles. The Kier molecular flexibility index (Phi) is 2.77. The molecule has 3 heteroatoms. The van der Waals surface area contributed by atoms with Gasteiger partial charge in [-0.05, 0) is 50.5 Å². The van der Waals surface area contributed by atoms with Crippen molar-refractivity contribution in [3.63, 3.8) is 0 Å². The van der Waals surface area contributed by atoms with Gasteiger partial charge in [-0.1, -0.05) is 0 Å². The summed E-state index contributed by atoms with van der Waals surface area (Å²) < 4.78 is 0. The van der Waals surface area contributed by atoms with Gasteiger partial charge in [0.15, 0.2) is 0 Å². The molecule has 0 radical (unpaired) electrons. The lowest BCUT2D eigenvalue weighted by molar-refractivity contribution is 0.564. The fourth-order valence-corrected chi connectivity index (χ4v) is 2.71. The monoisotopic (exact) mass is 217 g/mol. The number of hydrogen-bond donors (Lipinski definition) is 0. The van der Waals surface area contributed by atoms with Gasteiger partial charge in [-0.2, -0.15) is 0 Å². The van der Waals surface area contributed by atoms with Gasteiger partial charge in [0.25, 0.3) is 0 Å². The Morgan fingerprint density at radius 3 is 2.62 bits per heavy atom. The van der Waals surface area contributed by atoms with E-state index in [2.05, 4.69) is 16.1 Å². The van der Waals surface area contributed by atoms with Crippen molar-refractivity contribution in [1.82, 2.24) is 9.97 Å². The first-order valence-corrected chi connectivity index (χ1v) is 6.53. The average Bonchev–Trinajstić information content (AvgIpc) is 2.39. The molecule has 0 amide bonds. The molecule has 0 aromatic carbocycles. The molecular formula is C13H19N3. The molecule has 1 aliphatic heterocycles. The Bertz CT molecular complexity index is 369. The molecule has 0 N–H and O–H groups in total. The van der Waals surface area contributed by atoms with Crippen molar-refractivity contribution in [2.24, 2.45) is 0 Å². The quantitative estimate of drug-likeness (QED) is 0.723. The highest BCUT2D eigenvalue weighted by Crippen LogP contribution is 2.22. The molecule has 1 aromatic rings. The van der Waals surface area contributed by atoms with Crippen LogP contribution in [0.3, 0.4) is 0 Å². The fraction of sp³-hybridized carbons (Fsp3) is 0.692. The first kappa shape index (κ1) is 10.1. The molecule has 0 bridgehead atoms. The number of anilines is 1. The molecule has 0 saturated carbocycles. The van der Waals surface area contributed by atoms with Crippen LogP contribution in [0.5, 0.6) is 0 Å². The number of aryl methyl sites for hydroxylation is 2. The van der Waals surface area contributed by atoms with Crippen LogP contribution in [0.4, 0.5) is 5.95 Å². The Balaban J connectivity index is 1.84. The van der Waals surface area contributed by atoms with Gasteiger partial charge >= 0.3 is 0 Å². The van der Waals surface area contributed by atoms with Gasteiger partial charge in [-0.3, -0.25) is 0 Å². The first-order valence-electron chi connectivity index (χ1n) is 6.53. The van der Waals surface area contributed by atoms with E-state index in [0.717, 1.165) is 25.5 Å². The second-order valence-electron chi connectivity index (χ2n) is 4.90. The van der Waals surface area contributed by atoms with E-state index in [4.69, 9.17) is 4.98 Å². The summed E-state index contributed by atoms with van der Waals surface area (Å²) >= 11 is 0. The van der Waals surface area contributed by atoms with Crippen LogP contribution in [0, 0.1) is 0 Å². The van der Waals surface area contributed by atoms with Crippen molar-refractivity contribution in [2.75, 3.05) is 18.0 Å². The van der Waals surface area contributed by atoms with Crippen molar-refractivity contribution in [3.05, 3.63) is 17.5 Å². The number of aromatic nitrogens is 2. The lowest BCUT2D eigenvalue weighted by Gasteiger charge is -2.27. The van der Waals surface area contributed by atoms with Crippen LogP contribution in [0.2, 0.25) is 0 Å². The van der Waals surface area contributed by atoms with Crippen LogP contribution in [0.25, 0.3) is 0 Å². The molecular weight excluding hydrogens is 198 g/mol. The summed E-state index contributed by atoms with van der Waals surface area (Å²) in [4.78, 5) is 11.6. The topological polar surface area (TPSA) is 29.0 Å². The van der Waals surface area contributed by atoms with Gasteiger partial charge in [0.1, 0.15) is 0 Å². The second-order valence-corrected chi connectivity index (χ2v) is 4.90. The van der Waals surface area contributed by atoms with Crippen LogP contribution >= 0.6 is 0 Å². The zero-order valence-corrected chi connectivity index (χ0v) is 9.78. The molecule has 16 heavy (non-hydrogen) atoms. The van der Waals surface area contributed by atoms with Gasteiger partial charge in [0.2, 0.25) is 5.95 Å². The summed E-state index contributed by atoms with van der Waals surface area (Å²) in [6.45, 7) is 2.28. The number of rotatable bonds is 1. The van der Waals surface area contributed by atoms with Gasteiger partial charge < -0.3 is 4.90 Å². The Morgan fingerprint density at radius 2 is 1.75 bits per heavy atom. The largest absolute Gasteiger partial charge is 0.341 e. The van der Waals surface area contributed by atoms with Crippen molar-refractivity contribution in [3.8, 4) is 0 Å². The van der Waals surface area contributed by atoms with E-state index in [9.17, 15) is 0 Å². The van der Waals surface area contributed by atoms with Crippen LogP contribution in [-0.4, -0.2) is 23.1 Å². The summed E-state index contributed by atoms with van der Waals surface area (Å²) in [5.41, 5.74) is 2.69. The zero-order chi connectivity index (χ0) is 10.8. The van der Waals surface area contributed by atoms with E-state index >= 15 is 0 Å². The highest BCUT2D eigenvalue weighted by Gasteiger charge is 2.17. The average molecular weight is 217 g/mol. The third-order valence-electron chi connectivity index (χ3n) is 3.69. The van der Waals surface area contributed by atoms with Gasteiger partial charge in [0, 0.05) is 25.0 Å². The van der Waals surface area contributed by atoms with E-state index in [-0.39, 0.29) is 0 Å². The highest BCUT2D eigenvalue weighted by atomic mass is 15.2. The molecule has 1 fully saturated rings. The van der Waals surface area contributed by atoms with E-state index in [1.54, 1.807) is 0 Å². The SMILES string of the molecule is c1nc(N2CCCCC2)nc2c1CCCC2. The minimum atomic E-state index is 0.973. The molecule has 2 heterocycles. The number of hydrogen-bond acceptors (Lipinski definition) is 3. The minimum Gasteiger partial charge on any atom is -0.341 e. The molecule has 0 spiro atoms. The first-order chi connectivity index (χ1) is 7.93. The zero-order valence-electron chi connectivity index (χ0n) is 9.78. The Labute approximate surface area is 96.9 Å². The van der Waals surface area contributed by atoms with Crippen molar-refractivity contribution < 1.29 is 0 Å².